The van der Waals surface area contributed by atoms with Crippen LogP contribution in [0.25, 0.3) is 0 Å². The van der Waals surface area contributed by atoms with Gasteiger partial charge in [-0.25, -0.2) is 0 Å². The highest BCUT2D eigenvalue weighted by Crippen LogP contribution is 2.65. The Bertz CT molecular complexity index is 488. The second-order valence-electron chi connectivity index (χ2n) is 10.7. The van der Waals surface area contributed by atoms with Crippen molar-refractivity contribution in [2.24, 2.45) is 16.7 Å². The SMILES string of the molecule is CC1(C)[C@@H]2CCC(O[Si](C)(C)C(C)(C)C)[C@@]2(C)CCC12OCCO2. The third-order valence-corrected chi connectivity index (χ3v) is 12.6. The molecule has 1 unspecified atom stereocenters. The van der Waals surface area contributed by atoms with Gasteiger partial charge in [-0.05, 0) is 48.7 Å². The molecule has 3 rings (SSSR count). The summed E-state index contributed by atoms with van der Waals surface area (Å²) in [7, 11) is -1.74. The molecular formula is C20H38O3Si. The van der Waals surface area contributed by atoms with Crippen LogP contribution in [0.5, 0.6) is 0 Å². The molecule has 140 valence electrons. The minimum atomic E-state index is -1.74. The van der Waals surface area contributed by atoms with Gasteiger partial charge in [0, 0.05) is 11.8 Å². The predicted molar refractivity (Wildman–Crippen MR) is 101 cm³/mol. The first-order valence-electron chi connectivity index (χ1n) is 9.82. The predicted octanol–water partition coefficient (Wildman–Crippen LogP) is 5.36. The monoisotopic (exact) mass is 354 g/mol. The summed E-state index contributed by atoms with van der Waals surface area (Å²) in [5.74, 6) is 0.245. The van der Waals surface area contributed by atoms with Crippen molar-refractivity contribution in [3.63, 3.8) is 0 Å². The lowest BCUT2D eigenvalue weighted by molar-refractivity contribution is -0.283. The highest BCUT2D eigenvalue weighted by molar-refractivity contribution is 6.74. The van der Waals surface area contributed by atoms with Gasteiger partial charge in [0.05, 0.1) is 19.3 Å². The zero-order valence-corrected chi connectivity index (χ0v) is 18.1. The Kier molecular flexibility index (Phi) is 4.36. The van der Waals surface area contributed by atoms with Crippen LogP contribution in [-0.2, 0) is 13.9 Å². The van der Waals surface area contributed by atoms with Gasteiger partial charge in [-0.15, -0.1) is 0 Å². The van der Waals surface area contributed by atoms with Crippen LogP contribution in [-0.4, -0.2) is 33.4 Å². The summed E-state index contributed by atoms with van der Waals surface area (Å²) in [5.41, 5.74) is 0.293. The minimum absolute atomic E-state index is 0.0437. The average molecular weight is 355 g/mol. The molecule has 0 aromatic carbocycles. The maximum Gasteiger partial charge on any atom is 0.192 e. The van der Waals surface area contributed by atoms with Crippen molar-refractivity contribution < 1.29 is 13.9 Å². The summed E-state index contributed by atoms with van der Waals surface area (Å²) < 4.78 is 19.3. The van der Waals surface area contributed by atoms with Crippen molar-refractivity contribution in [1.29, 1.82) is 0 Å². The van der Waals surface area contributed by atoms with Gasteiger partial charge in [-0.2, -0.15) is 0 Å². The van der Waals surface area contributed by atoms with Gasteiger partial charge in [0.15, 0.2) is 14.1 Å². The van der Waals surface area contributed by atoms with Crippen molar-refractivity contribution in [3.05, 3.63) is 0 Å². The topological polar surface area (TPSA) is 27.7 Å². The molecule has 0 amide bonds. The van der Waals surface area contributed by atoms with E-state index in [1.165, 1.54) is 12.8 Å². The van der Waals surface area contributed by atoms with E-state index >= 15 is 0 Å². The van der Waals surface area contributed by atoms with Crippen LogP contribution in [0, 0.1) is 16.7 Å². The third kappa shape index (κ3) is 2.55. The van der Waals surface area contributed by atoms with Crippen molar-refractivity contribution in [2.45, 2.75) is 97.2 Å². The standard InChI is InChI=1S/C20H38O3Si/c1-17(2,3)24(7,8)23-16-10-9-15-18(4,5)20(21-13-14-22-20)12-11-19(15,16)6/h15-16H,9-14H2,1-8H3/t15-,16?,19-/m0/s1. The van der Waals surface area contributed by atoms with Crippen molar-refractivity contribution >= 4 is 8.32 Å². The summed E-state index contributed by atoms with van der Waals surface area (Å²) in [6, 6.07) is 0. The zero-order chi connectivity index (χ0) is 18.0. The maximum absolute atomic E-state index is 6.94. The minimum Gasteiger partial charge on any atom is -0.413 e. The Morgan fingerprint density at radius 2 is 1.54 bits per heavy atom. The van der Waals surface area contributed by atoms with Gasteiger partial charge < -0.3 is 13.9 Å². The molecule has 24 heavy (non-hydrogen) atoms. The molecule has 3 nitrogen and oxygen atoms in total. The van der Waals surface area contributed by atoms with E-state index in [0.717, 1.165) is 26.1 Å². The van der Waals surface area contributed by atoms with Crippen LogP contribution >= 0.6 is 0 Å². The largest absolute Gasteiger partial charge is 0.413 e. The Morgan fingerprint density at radius 1 is 0.958 bits per heavy atom. The summed E-state index contributed by atoms with van der Waals surface area (Å²) in [6.07, 6.45) is 4.97. The molecular weight excluding hydrogens is 316 g/mol. The lowest BCUT2D eigenvalue weighted by Crippen LogP contribution is -2.59. The molecule has 0 N–H and O–H groups in total. The first-order chi connectivity index (χ1) is 10.9. The second-order valence-corrected chi connectivity index (χ2v) is 15.4. The van der Waals surface area contributed by atoms with Gasteiger partial charge in [-0.3, -0.25) is 0 Å². The number of hydrogen-bond donors (Lipinski definition) is 0. The molecule has 0 radical (unpaired) electrons. The van der Waals surface area contributed by atoms with Crippen LogP contribution < -0.4 is 0 Å². The lowest BCUT2D eigenvalue weighted by atomic mass is 9.54. The third-order valence-electron chi connectivity index (χ3n) is 8.09. The van der Waals surface area contributed by atoms with Crippen LogP contribution in [0.3, 0.4) is 0 Å². The number of ether oxygens (including phenoxy) is 2. The van der Waals surface area contributed by atoms with Crippen LogP contribution in [0.2, 0.25) is 18.1 Å². The molecule has 3 atom stereocenters. The van der Waals surface area contributed by atoms with Gasteiger partial charge >= 0.3 is 0 Å². The van der Waals surface area contributed by atoms with Gasteiger partial charge in [0.2, 0.25) is 0 Å². The molecule has 0 aromatic rings. The van der Waals surface area contributed by atoms with E-state index in [-0.39, 0.29) is 21.7 Å². The van der Waals surface area contributed by atoms with E-state index in [9.17, 15) is 0 Å². The fourth-order valence-electron chi connectivity index (χ4n) is 5.44. The highest BCUT2D eigenvalue weighted by atomic mass is 28.4. The van der Waals surface area contributed by atoms with E-state index in [4.69, 9.17) is 13.9 Å². The van der Waals surface area contributed by atoms with E-state index in [0.29, 0.717) is 12.0 Å². The van der Waals surface area contributed by atoms with Gasteiger partial charge in [0.1, 0.15) is 0 Å². The smallest absolute Gasteiger partial charge is 0.192 e. The fraction of sp³-hybridized carbons (Fsp3) is 1.00. The van der Waals surface area contributed by atoms with E-state index in [1.807, 2.05) is 0 Å². The normalized spacial score (nSPS) is 38.5. The van der Waals surface area contributed by atoms with Crippen molar-refractivity contribution in [3.8, 4) is 0 Å². The van der Waals surface area contributed by atoms with E-state index in [2.05, 4.69) is 54.6 Å². The first-order valence-corrected chi connectivity index (χ1v) is 12.7. The number of fused-ring (bicyclic) bond motifs is 1. The highest BCUT2D eigenvalue weighted by Gasteiger charge is 2.66. The molecule has 3 fully saturated rings. The summed E-state index contributed by atoms with van der Waals surface area (Å²) in [6.45, 7) is 20.5. The molecule has 0 aromatic heterocycles. The first kappa shape index (κ1) is 18.9. The van der Waals surface area contributed by atoms with Gasteiger partial charge in [-0.1, -0.05) is 41.5 Å². The van der Waals surface area contributed by atoms with Crippen LogP contribution in [0.4, 0.5) is 0 Å². The molecule has 1 saturated heterocycles. The van der Waals surface area contributed by atoms with Gasteiger partial charge in [0.25, 0.3) is 0 Å². The number of rotatable bonds is 2. The molecule has 4 heteroatoms. The van der Waals surface area contributed by atoms with Crippen LogP contribution in [0.15, 0.2) is 0 Å². The van der Waals surface area contributed by atoms with E-state index in [1.54, 1.807) is 0 Å². The van der Waals surface area contributed by atoms with Crippen molar-refractivity contribution in [2.75, 3.05) is 13.2 Å². The Hall–Kier alpha value is 0.0969. The molecule has 2 aliphatic carbocycles. The summed E-state index contributed by atoms with van der Waals surface area (Å²) in [4.78, 5) is 0. The molecule has 1 aliphatic heterocycles. The maximum atomic E-state index is 6.94. The molecule has 1 spiro atoms. The van der Waals surface area contributed by atoms with E-state index < -0.39 is 8.32 Å². The fourth-order valence-corrected chi connectivity index (χ4v) is 6.89. The zero-order valence-electron chi connectivity index (χ0n) is 17.1. The number of hydrogen-bond acceptors (Lipinski definition) is 3. The Morgan fingerprint density at radius 3 is 2.08 bits per heavy atom. The quantitative estimate of drug-likeness (QED) is 0.625. The molecule has 3 aliphatic rings. The average Bonchev–Trinajstić information content (AvgIpc) is 3.02. The Labute approximate surface area is 150 Å². The van der Waals surface area contributed by atoms with Crippen molar-refractivity contribution in [1.82, 2.24) is 0 Å². The Balaban J connectivity index is 1.85. The molecule has 2 saturated carbocycles. The summed E-state index contributed by atoms with van der Waals surface area (Å²) >= 11 is 0. The lowest BCUT2D eigenvalue weighted by Gasteiger charge is -2.57. The summed E-state index contributed by atoms with van der Waals surface area (Å²) in [5, 5.41) is 0.268. The molecule has 0 bridgehead atoms. The molecule has 1 heterocycles. The second kappa shape index (κ2) is 5.55. The van der Waals surface area contributed by atoms with Crippen LogP contribution in [0.1, 0.15) is 67.2 Å².